The van der Waals surface area contributed by atoms with Crippen LogP contribution in [0.2, 0.25) is 0 Å². The molecule has 0 bridgehead atoms. The Bertz CT molecular complexity index is 717. The van der Waals surface area contributed by atoms with Crippen LogP contribution in [-0.4, -0.2) is 89.7 Å². The highest BCUT2D eigenvalue weighted by atomic mass is 32.1. The van der Waals surface area contributed by atoms with Gasteiger partial charge >= 0.3 is 6.09 Å². The first kappa shape index (κ1) is 22.9. The molecule has 0 saturated carbocycles. The molecule has 11 heteroatoms. The van der Waals surface area contributed by atoms with Crippen molar-refractivity contribution in [2.75, 3.05) is 58.4 Å². The van der Waals surface area contributed by atoms with Crippen molar-refractivity contribution in [1.82, 2.24) is 24.9 Å². The smallest absolute Gasteiger partial charge is 0.409 e. The Hall–Kier alpha value is -2.40. The van der Waals surface area contributed by atoms with Crippen LogP contribution in [0.5, 0.6) is 0 Å². The number of carbonyl (C=O) groups excluding carboxylic acids is 2. The van der Waals surface area contributed by atoms with E-state index in [-0.39, 0.29) is 12.0 Å². The fourth-order valence-corrected chi connectivity index (χ4v) is 3.15. The molecule has 2 heterocycles. The molecule has 0 aromatic carbocycles. The Balaban J connectivity index is 1.91. The zero-order valence-electron chi connectivity index (χ0n) is 17.4. The number of nitrogens with zero attached hydrogens (tertiary/aromatic N) is 4. The molecule has 1 atom stereocenters. The molecule has 0 spiro atoms. The third-order valence-electron chi connectivity index (χ3n) is 4.63. The number of amides is 2. The van der Waals surface area contributed by atoms with E-state index in [4.69, 9.17) is 21.7 Å². The molecule has 1 aromatic heterocycles. The highest BCUT2D eigenvalue weighted by Crippen LogP contribution is 2.18. The van der Waals surface area contributed by atoms with E-state index in [2.05, 4.69) is 15.7 Å². The molecule has 2 amide bonds. The van der Waals surface area contributed by atoms with Crippen LogP contribution in [0.4, 0.5) is 10.5 Å². The average molecular weight is 427 g/mol. The summed E-state index contributed by atoms with van der Waals surface area (Å²) in [6.45, 7) is 8.80. The summed E-state index contributed by atoms with van der Waals surface area (Å²) >= 11 is 5.26. The molecule has 29 heavy (non-hydrogen) atoms. The minimum Gasteiger partial charge on any atom is -0.450 e. The van der Waals surface area contributed by atoms with Gasteiger partial charge in [-0.2, -0.15) is 5.10 Å². The van der Waals surface area contributed by atoms with Gasteiger partial charge in [0.2, 0.25) is 5.91 Å². The van der Waals surface area contributed by atoms with Crippen LogP contribution in [0.15, 0.2) is 6.20 Å². The number of rotatable bonds is 7. The van der Waals surface area contributed by atoms with Gasteiger partial charge in [0.05, 0.1) is 24.6 Å². The molecule has 1 fully saturated rings. The molecule has 1 aliphatic heterocycles. The van der Waals surface area contributed by atoms with Crippen molar-refractivity contribution in [1.29, 1.82) is 0 Å². The average Bonchev–Trinajstić information content (AvgIpc) is 3.07. The van der Waals surface area contributed by atoms with Gasteiger partial charge in [0.25, 0.3) is 0 Å². The Morgan fingerprint density at radius 2 is 1.93 bits per heavy atom. The van der Waals surface area contributed by atoms with E-state index in [1.165, 1.54) is 0 Å². The molecule has 2 N–H and O–H groups in total. The Labute approximate surface area is 176 Å². The molecular formula is C18H30N6O4S. The Kier molecular flexibility index (Phi) is 8.65. The maximum absolute atomic E-state index is 12.9. The first-order chi connectivity index (χ1) is 13.9. The molecule has 1 unspecified atom stereocenters. The molecular weight excluding hydrogens is 396 g/mol. The van der Waals surface area contributed by atoms with Crippen molar-refractivity contribution >= 4 is 35.0 Å². The molecule has 1 aliphatic rings. The van der Waals surface area contributed by atoms with Gasteiger partial charge in [0, 0.05) is 46.0 Å². The number of methoxy groups -OCH3 is 1. The number of thiocarbonyl (C=S) groups is 1. The van der Waals surface area contributed by atoms with Crippen LogP contribution in [0.3, 0.4) is 0 Å². The van der Waals surface area contributed by atoms with E-state index in [0.29, 0.717) is 51.0 Å². The van der Waals surface area contributed by atoms with Crippen molar-refractivity contribution in [3.63, 3.8) is 0 Å². The first-order valence-electron chi connectivity index (χ1n) is 9.67. The topological polar surface area (TPSA) is 101 Å². The predicted molar refractivity (Wildman–Crippen MR) is 113 cm³/mol. The van der Waals surface area contributed by atoms with Gasteiger partial charge in [0.1, 0.15) is 6.04 Å². The second-order valence-corrected chi connectivity index (χ2v) is 7.08. The van der Waals surface area contributed by atoms with Gasteiger partial charge in [-0.05, 0) is 33.0 Å². The number of nitrogens with one attached hydrogen (secondary N) is 2. The molecule has 2 rings (SSSR count). The summed E-state index contributed by atoms with van der Waals surface area (Å²) in [5.41, 5.74) is 1.49. The standard InChI is InChI=1S/C18H30N6O4S/c1-5-28-18(26)23-9-7-22(8-10-23)16(25)14(3)24-12-15(13(2)21-24)20-17(29)19-6-11-27-4/h12,14H,5-11H2,1-4H3,(H2,19,20,29). The quantitative estimate of drug-likeness (QED) is 0.492. The van der Waals surface area contributed by atoms with E-state index in [1.54, 1.807) is 34.7 Å². The summed E-state index contributed by atoms with van der Waals surface area (Å²) in [7, 11) is 1.63. The van der Waals surface area contributed by atoms with Gasteiger partial charge in [-0.25, -0.2) is 4.79 Å². The maximum atomic E-state index is 12.9. The molecule has 0 radical (unpaired) electrons. The second kappa shape index (κ2) is 11.0. The van der Waals surface area contributed by atoms with Crippen molar-refractivity contribution in [2.24, 2.45) is 0 Å². The third-order valence-corrected chi connectivity index (χ3v) is 4.87. The van der Waals surface area contributed by atoms with Gasteiger partial charge in [-0.15, -0.1) is 0 Å². The van der Waals surface area contributed by atoms with E-state index < -0.39 is 6.04 Å². The lowest BCUT2D eigenvalue weighted by Gasteiger charge is -2.35. The van der Waals surface area contributed by atoms with Gasteiger partial charge in [0.15, 0.2) is 5.11 Å². The number of anilines is 1. The molecule has 1 saturated heterocycles. The van der Waals surface area contributed by atoms with E-state index >= 15 is 0 Å². The van der Waals surface area contributed by atoms with E-state index in [9.17, 15) is 9.59 Å². The molecule has 0 aliphatic carbocycles. The summed E-state index contributed by atoms with van der Waals surface area (Å²) in [6.07, 6.45) is 1.44. The van der Waals surface area contributed by atoms with Gasteiger partial charge < -0.3 is 29.9 Å². The lowest BCUT2D eigenvalue weighted by Crippen LogP contribution is -2.52. The van der Waals surface area contributed by atoms with Crippen molar-refractivity contribution < 1.29 is 19.1 Å². The highest BCUT2D eigenvalue weighted by molar-refractivity contribution is 7.80. The number of hydrogen-bond acceptors (Lipinski definition) is 6. The molecule has 10 nitrogen and oxygen atoms in total. The number of carbonyl (C=O) groups is 2. The van der Waals surface area contributed by atoms with Crippen molar-refractivity contribution in [3.8, 4) is 0 Å². The number of piperazine rings is 1. The zero-order chi connectivity index (χ0) is 21.4. The number of aryl methyl sites for hydroxylation is 1. The minimum absolute atomic E-state index is 0.0386. The van der Waals surface area contributed by atoms with Crippen LogP contribution in [-0.2, 0) is 14.3 Å². The molecule has 1 aromatic rings. The normalized spacial score (nSPS) is 15.0. The van der Waals surface area contributed by atoms with Crippen LogP contribution in [0.1, 0.15) is 25.6 Å². The van der Waals surface area contributed by atoms with Crippen LogP contribution in [0, 0.1) is 6.92 Å². The van der Waals surface area contributed by atoms with E-state index in [0.717, 1.165) is 11.4 Å². The predicted octanol–water partition coefficient (Wildman–Crippen LogP) is 0.986. The highest BCUT2D eigenvalue weighted by Gasteiger charge is 2.28. The molecule has 162 valence electrons. The first-order valence-corrected chi connectivity index (χ1v) is 10.1. The lowest BCUT2D eigenvalue weighted by atomic mass is 10.2. The van der Waals surface area contributed by atoms with Crippen LogP contribution in [0.25, 0.3) is 0 Å². The summed E-state index contributed by atoms with van der Waals surface area (Å²) in [5.74, 6) is -0.0386. The Morgan fingerprint density at radius 1 is 1.28 bits per heavy atom. The van der Waals surface area contributed by atoms with E-state index in [1.807, 2.05) is 13.8 Å². The summed E-state index contributed by atoms with van der Waals surface area (Å²) in [4.78, 5) is 28.0. The fourth-order valence-electron chi connectivity index (χ4n) is 2.94. The fraction of sp³-hybridized carbons (Fsp3) is 0.667. The van der Waals surface area contributed by atoms with Crippen molar-refractivity contribution in [3.05, 3.63) is 11.9 Å². The maximum Gasteiger partial charge on any atom is 0.409 e. The number of ether oxygens (including phenoxy) is 2. The summed E-state index contributed by atoms with van der Waals surface area (Å²) in [6, 6.07) is -0.464. The van der Waals surface area contributed by atoms with Gasteiger partial charge in [-0.3, -0.25) is 9.48 Å². The number of hydrogen-bond donors (Lipinski definition) is 2. The summed E-state index contributed by atoms with van der Waals surface area (Å²) in [5, 5.41) is 11.1. The largest absolute Gasteiger partial charge is 0.450 e. The summed E-state index contributed by atoms with van der Waals surface area (Å²) < 4.78 is 11.6. The van der Waals surface area contributed by atoms with Crippen molar-refractivity contribution in [2.45, 2.75) is 26.8 Å². The number of aromatic nitrogens is 2. The third kappa shape index (κ3) is 6.29. The minimum atomic E-state index is -0.464. The van der Waals surface area contributed by atoms with Crippen LogP contribution < -0.4 is 10.6 Å². The zero-order valence-corrected chi connectivity index (χ0v) is 18.3. The van der Waals surface area contributed by atoms with Crippen LogP contribution >= 0.6 is 12.2 Å². The second-order valence-electron chi connectivity index (χ2n) is 6.67. The van der Waals surface area contributed by atoms with Gasteiger partial charge in [-0.1, -0.05) is 0 Å². The lowest BCUT2D eigenvalue weighted by molar-refractivity contribution is -0.136. The Morgan fingerprint density at radius 3 is 2.55 bits per heavy atom. The SMILES string of the molecule is CCOC(=O)N1CCN(C(=O)C(C)n2cc(NC(=S)NCCOC)c(C)n2)CC1. The monoisotopic (exact) mass is 426 g/mol.